The van der Waals surface area contributed by atoms with E-state index in [2.05, 4.69) is 0 Å². The highest BCUT2D eigenvalue weighted by Gasteiger charge is 2.45. The third kappa shape index (κ3) is 0.878. The fourth-order valence-electron chi connectivity index (χ4n) is 1.76. The topological polar surface area (TPSA) is 46.5 Å². The number of carbonyl (C=O) groups excluding carboxylic acids is 1. The lowest BCUT2D eigenvalue weighted by Crippen LogP contribution is -2.36. The molecular weight excluding hydrogens is 144 g/mol. The molecule has 0 aromatic carbocycles. The van der Waals surface area contributed by atoms with Gasteiger partial charge in [-0.25, -0.2) is 4.79 Å². The maximum Gasteiger partial charge on any atom is 0.331 e. The van der Waals surface area contributed by atoms with Gasteiger partial charge in [0.1, 0.15) is 0 Å². The molecule has 0 bridgehead atoms. The largest absolute Gasteiger partial charge is 0.449 e. The van der Waals surface area contributed by atoms with Gasteiger partial charge >= 0.3 is 5.97 Å². The average Bonchev–Trinajstić information content (AvgIpc) is 2.46. The van der Waals surface area contributed by atoms with E-state index in [1.54, 1.807) is 6.08 Å². The van der Waals surface area contributed by atoms with E-state index in [-0.39, 0.29) is 5.97 Å². The second-order valence-electron chi connectivity index (χ2n) is 3.12. The maximum atomic E-state index is 10.7. The predicted octanol–water partition coefficient (Wildman–Crippen LogP) is 0.383. The van der Waals surface area contributed by atoms with Crippen LogP contribution in [0.2, 0.25) is 0 Å². The summed E-state index contributed by atoms with van der Waals surface area (Å²) in [6, 6.07) is 0. The summed E-state index contributed by atoms with van der Waals surface area (Å²) in [6.07, 6.45) is 5.01. The molecule has 2 unspecified atom stereocenters. The Bertz CT molecular complexity index is 221. The number of carbonyl (C=O) groups is 1. The van der Waals surface area contributed by atoms with Crippen molar-refractivity contribution in [2.75, 3.05) is 0 Å². The van der Waals surface area contributed by atoms with Gasteiger partial charge in [-0.05, 0) is 25.3 Å². The lowest BCUT2D eigenvalue weighted by molar-refractivity contribution is -0.151. The van der Waals surface area contributed by atoms with E-state index >= 15 is 0 Å². The van der Waals surface area contributed by atoms with E-state index in [9.17, 15) is 9.90 Å². The zero-order valence-corrected chi connectivity index (χ0v) is 6.12. The third-order valence-corrected chi connectivity index (χ3v) is 2.40. The summed E-state index contributed by atoms with van der Waals surface area (Å²) in [5.41, 5.74) is -0.656. The highest BCUT2D eigenvalue weighted by atomic mass is 16.6. The highest BCUT2D eigenvalue weighted by Crippen LogP contribution is 2.37. The minimum absolute atomic E-state index is 0.328. The molecule has 60 valence electrons. The summed E-state index contributed by atoms with van der Waals surface area (Å²) in [7, 11) is 0. The minimum Gasteiger partial charge on any atom is -0.449 e. The van der Waals surface area contributed by atoms with Gasteiger partial charge in [0.05, 0.1) is 6.10 Å². The average molecular weight is 154 g/mol. The predicted molar refractivity (Wildman–Crippen MR) is 37.8 cm³/mol. The van der Waals surface area contributed by atoms with Crippen LogP contribution in [0.25, 0.3) is 0 Å². The molecule has 0 saturated heterocycles. The Balaban J connectivity index is 2.24. The first kappa shape index (κ1) is 6.85. The highest BCUT2D eigenvalue weighted by molar-refractivity contribution is 5.85. The van der Waals surface area contributed by atoms with Crippen molar-refractivity contribution in [1.82, 2.24) is 0 Å². The van der Waals surface area contributed by atoms with E-state index < -0.39 is 11.7 Å². The Morgan fingerprint density at radius 3 is 3.00 bits per heavy atom. The van der Waals surface area contributed by atoms with Crippen LogP contribution in [-0.4, -0.2) is 22.8 Å². The summed E-state index contributed by atoms with van der Waals surface area (Å²) in [5.74, 6) is -0.328. The van der Waals surface area contributed by atoms with Gasteiger partial charge in [0.15, 0.2) is 5.60 Å². The van der Waals surface area contributed by atoms with Gasteiger partial charge in [0.2, 0.25) is 0 Å². The minimum atomic E-state index is -0.656. The van der Waals surface area contributed by atoms with Crippen molar-refractivity contribution < 1.29 is 14.6 Å². The van der Waals surface area contributed by atoms with Crippen LogP contribution in [0, 0.1) is 0 Å². The second-order valence-corrected chi connectivity index (χ2v) is 3.12. The quantitative estimate of drug-likeness (QED) is 0.513. The first-order chi connectivity index (χ1) is 5.23. The molecule has 1 spiro atoms. The molecule has 0 radical (unpaired) electrons. The Hall–Kier alpha value is -0.830. The Morgan fingerprint density at radius 1 is 1.73 bits per heavy atom. The molecule has 11 heavy (non-hydrogen) atoms. The van der Waals surface area contributed by atoms with E-state index in [1.807, 2.05) is 0 Å². The fraction of sp³-hybridized carbons (Fsp3) is 0.625. The third-order valence-electron chi connectivity index (χ3n) is 2.40. The van der Waals surface area contributed by atoms with E-state index in [0.29, 0.717) is 0 Å². The van der Waals surface area contributed by atoms with Crippen LogP contribution in [0.5, 0.6) is 0 Å². The molecule has 1 heterocycles. The van der Waals surface area contributed by atoms with Gasteiger partial charge in [0.25, 0.3) is 0 Å². The lowest BCUT2D eigenvalue weighted by Gasteiger charge is -2.24. The number of rotatable bonds is 0. The summed E-state index contributed by atoms with van der Waals surface area (Å²) >= 11 is 0. The second kappa shape index (κ2) is 2.08. The number of hydrogen-bond donors (Lipinski definition) is 1. The molecule has 2 atom stereocenters. The van der Waals surface area contributed by atoms with Crippen LogP contribution in [0.4, 0.5) is 0 Å². The fourth-order valence-corrected chi connectivity index (χ4v) is 1.76. The normalized spacial score (nSPS) is 41.9. The molecule has 1 aliphatic carbocycles. The van der Waals surface area contributed by atoms with Crippen LogP contribution in [-0.2, 0) is 9.53 Å². The zero-order chi connectivity index (χ0) is 7.90. The standard InChI is InChI=1S/C8H10O3/c9-6-2-1-4-8(6)5-3-7(10)11-8/h3,5-6,9H,1-2,4H2. The van der Waals surface area contributed by atoms with Gasteiger partial charge in [0, 0.05) is 6.08 Å². The molecule has 1 fully saturated rings. The first-order valence-corrected chi connectivity index (χ1v) is 3.83. The molecule has 2 aliphatic rings. The molecule has 1 saturated carbocycles. The van der Waals surface area contributed by atoms with Crippen LogP contribution in [0.1, 0.15) is 19.3 Å². The zero-order valence-electron chi connectivity index (χ0n) is 6.12. The van der Waals surface area contributed by atoms with E-state index in [0.717, 1.165) is 19.3 Å². The Labute approximate surface area is 64.7 Å². The summed E-state index contributed by atoms with van der Waals surface area (Å²) in [6.45, 7) is 0. The van der Waals surface area contributed by atoms with Crippen molar-refractivity contribution in [3.63, 3.8) is 0 Å². The molecule has 0 aromatic rings. The number of ether oxygens (including phenoxy) is 1. The monoisotopic (exact) mass is 154 g/mol. The van der Waals surface area contributed by atoms with Crippen molar-refractivity contribution >= 4 is 5.97 Å². The van der Waals surface area contributed by atoms with Crippen molar-refractivity contribution in [3.8, 4) is 0 Å². The van der Waals surface area contributed by atoms with Gasteiger partial charge in [-0.15, -0.1) is 0 Å². The molecule has 0 aromatic heterocycles. The van der Waals surface area contributed by atoms with Crippen LogP contribution >= 0.6 is 0 Å². The molecule has 1 N–H and O–H groups in total. The molecule has 3 heteroatoms. The summed E-state index contributed by atoms with van der Waals surface area (Å²) < 4.78 is 5.02. The van der Waals surface area contributed by atoms with Crippen molar-refractivity contribution in [1.29, 1.82) is 0 Å². The van der Waals surface area contributed by atoms with Crippen molar-refractivity contribution in [2.24, 2.45) is 0 Å². The molecule has 3 nitrogen and oxygen atoms in total. The molecule has 2 rings (SSSR count). The van der Waals surface area contributed by atoms with Crippen LogP contribution in [0.15, 0.2) is 12.2 Å². The van der Waals surface area contributed by atoms with Gasteiger partial charge in [-0.2, -0.15) is 0 Å². The van der Waals surface area contributed by atoms with Gasteiger partial charge in [-0.3, -0.25) is 0 Å². The van der Waals surface area contributed by atoms with Crippen molar-refractivity contribution in [2.45, 2.75) is 31.0 Å². The number of esters is 1. The van der Waals surface area contributed by atoms with Crippen LogP contribution < -0.4 is 0 Å². The Kier molecular flexibility index (Phi) is 1.29. The number of hydrogen-bond acceptors (Lipinski definition) is 3. The molecule has 1 aliphatic heterocycles. The van der Waals surface area contributed by atoms with Gasteiger partial charge in [-0.1, -0.05) is 0 Å². The maximum absolute atomic E-state index is 10.7. The Morgan fingerprint density at radius 2 is 2.55 bits per heavy atom. The summed E-state index contributed by atoms with van der Waals surface area (Å²) in [5, 5.41) is 9.47. The molecular formula is C8H10O3. The van der Waals surface area contributed by atoms with Gasteiger partial charge < -0.3 is 9.84 Å². The molecule has 0 amide bonds. The van der Waals surface area contributed by atoms with E-state index in [4.69, 9.17) is 4.74 Å². The smallest absolute Gasteiger partial charge is 0.331 e. The van der Waals surface area contributed by atoms with E-state index in [1.165, 1.54) is 6.08 Å². The first-order valence-electron chi connectivity index (χ1n) is 3.83. The SMILES string of the molecule is O=C1C=CC2(CCCC2O)O1. The lowest BCUT2D eigenvalue weighted by atomic mass is 10.0. The number of aliphatic hydroxyl groups is 1. The summed E-state index contributed by atoms with van der Waals surface area (Å²) in [4.78, 5) is 10.7. The van der Waals surface area contributed by atoms with Crippen LogP contribution in [0.3, 0.4) is 0 Å². The van der Waals surface area contributed by atoms with Crippen molar-refractivity contribution in [3.05, 3.63) is 12.2 Å². The number of aliphatic hydroxyl groups excluding tert-OH is 1.